The van der Waals surface area contributed by atoms with Crippen molar-refractivity contribution in [3.8, 4) is 5.75 Å². The predicted octanol–water partition coefficient (Wildman–Crippen LogP) is 3.13. The molecule has 0 bridgehead atoms. The number of para-hydroxylation sites is 1. The Morgan fingerprint density at radius 3 is 3.05 bits per heavy atom. The van der Waals surface area contributed by atoms with Gasteiger partial charge in [-0.3, -0.25) is 10.1 Å². The number of nitro benzene ring substituents is 1. The molecule has 1 aliphatic heterocycles. The van der Waals surface area contributed by atoms with Crippen molar-refractivity contribution in [3.63, 3.8) is 0 Å². The monoisotopic (exact) mass is 328 g/mol. The summed E-state index contributed by atoms with van der Waals surface area (Å²) in [4.78, 5) is 10.5. The molecule has 1 N–H and O–H groups in total. The van der Waals surface area contributed by atoms with Gasteiger partial charge in [0.2, 0.25) is 5.75 Å². The summed E-state index contributed by atoms with van der Waals surface area (Å²) in [5.41, 5.74) is 0.0103. The van der Waals surface area contributed by atoms with Gasteiger partial charge in [0.25, 0.3) is 0 Å². The average Bonchev–Trinajstić information content (AvgIpc) is 2.41. The van der Waals surface area contributed by atoms with E-state index in [4.69, 9.17) is 4.74 Å². The van der Waals surface area contributed by atoms with Crippen LogP contribution in [0.15, 0.2) is 22.7 Å². The van der Waals surface area contributed by atoms with Gasteiger partial charge in [-0.25, -0.2) is 0 Å². The Balaban J connectivity index is 1.93. The Hall–Kier alpha value is -1.14. The summed E-state index contributed by atoms with van der Waals surface area (Å²) in [6, 6.07) is 4.85. The number of nitro groups is 1. The number of piperidine rings is 1. The molecule has 1 atom stereocenters. The van der Waals surface area contributed by atoms with Crippen molar-refractivity contribution in [2.75, 3.05) is 19.7 Å². The summed E-state index contributed by atoms with van der Waals surface area (Å²) >= 11 is 3.30. The van der Waals surface area contributed by atoms with Crippen LogP contribution in [0, 0.1) is 16.0 Å². The van der Waals surface area contributed by atoms with Crippen molar-refractivity contribution in [1.29, 1.82) is 0 Å². The largest absolute Gasteiger partial charge is 0.486 e. The molecule has 1 aromatic carbocycles. The quantitative estimate of drug-likeness (QED) is 0.666. The van der Waals surface area contributed by atoms with Crippen molar-refractivity contribution in [2.24, 2.45) is 5.92 Å². The zero-order chi connectivity index (χ0) is 13.7. The molecular formula is C13H17BrN2O3. The molecule has 0 spiro atoms. The summed E-state index contributed by atoms with van der Waals surface area (Å²) in [5, 5.41) is 14.3. The Morgan fingerprint density at radius 1 is 1.53 bits per heavy atom. The highest BCUT2D eigenvalue weighted by Crippen LogP contribution is 2.34. The van der Waals surface area contributed by atoms with Crippen LogP contribution in [0.25, 0.3) is 0 Å². The molecule has 1 unspecified atom stereocenters. The first-order valence-electron chi connectivity index (χ1n) is 6.45. The number of ether oxygens (including phenoxy) is 1. The highest BCUT2D eigenvalue weighted by Gasteiger charge is 2.19. The van der Waals surface area contributed by atoms with Crippen LogP contribution in [0.4, 0.5) is 5.69 Å². The standard InChI is InChI=1S/C13H17BrN2O3/c14-11-4-1-5-12(16(17)18)13(11)19-8-6-10-3-2-7-15-9-10/h1,4-5,10,15H,2-3,6-9H2. The Kier molecular flexibility index (Phi) is 5.15. The van der Waals surface area contributed by atoms with Crippen LogP contribution in [-0.4, -0.2) is 24.6 Å². The van der Waals surface area contributed by atoms with Crippen LogP contribution in [0.2, 0.25) is 0 Å². The second-order valence-electron chi connectivity index (χ2n) is 4.69. The molecule has 1 fully saturated rings. The zero-order valence-electron chi connectivity index (χ0n) is 10.6. The molecule has 0 aliphatic carbocycles. The van der Waals surface area contributed by atoms with Gasteiger partial charge in [-0.05, 0) is 60.3 Å². The molecule has 2 rings (SSSR count). The van der Waals surface area contributed by atoms with Crippen molar-refractivity contribution < 1.29 is 9.66 Å². The number of benzene rings is 1. The maximum Gasteiger partial charge on any atom is 0.312 e. The van der Waals surface area contributed by atoms with Gasteiger partial charge in [-0.1, -0.05) is 6.07 Å². The van der Waals surface area contributed by atoms with E-state index >= 15 is 0 Å². The van der Waals surface area contributed by atoms with Crippen LogP contribution in [-0.2, 0) is 0 Å². The Bertz CT molecular complexity index is 448. The summed E-state index contributed by atoms with van der Waals surface area (Å²) < 4.78 is 6.24. The van der Waals surface area contributed by atoms with Crippen LogP contribution in [0.5, 0.6) is 5.75 Å². The predicted molar refractivity (Wildman–Crippen MR) is 76.5 cm³/mol. The fraction of sp³-hybridized carbons (Fsp3) is 0.538. The second kappa shape index (κ2) is 6.86. The summed E-state index contributed by atoms with van der Waals surface area (Å²) in [5.74, 6) is 0.937. The topological polar surface area (TPSA) is 64.4 Å². The molecular weight excluding hydrogens is 312 g/mol. The van der Waals surface area contributed by atoms with Crippen LogP contribution < -0.4 is 10.1 Å². The lowest BCUT2D eigenvalue weighted by atomic mass is 9.97. The highest BCUT2D eigenvalue weighted by molar-refractivity contribution is 9.10. The molecule has 5 nitrogen and oxygen atoms in total. The normalized spacial score (nSPS) is 19.1. The number of nitrogens with zero attached hydrogens (tertiary/aromatic N) is 1. The van der Waals surface area contributed by atoms with Gasteiger partial charge in [0.15, 0.2) is 0 Å². The minimum Gasteiger partial charge on any atom is -0.486 e. The lowest BCUT2D eigenvalue weighted by molar-refractivity contribution is -0.386. The Morgan fingerprint density at radius 2 is 2.37 bits per heavy atom. The lowest BCUT2D eigenvalue weighted by Gasteiger charge is -2.22. The van der Waals surface area contributed by atoms with E-state index in [2.05, 4.69) is 21.2 Å². The third-order valence-electron chi connectivity index (χ3n) is 3.31. The minimum atomic E-state index is -0.414. The van der Waals surface area contributed by atoms with E-state index < -0.39 is 4.92 Å². The molecule has 1 aromatic rings. The van der Waals surface area contributed by atoms with E-state index in [0.29, 0.717) is 22.7 Å². The maximum absolute atomic E-state index is 10.9. The summed E-state index contributed by atoms with van der Waals surface area (Å²) in [6.07, 6.45) is 3.32. The van der Waals surface area contributed by atoms with E-state index in [9.17, 15) is 10.1 Å². The van der Waals surface area contributed by atoms with E-state index in [1.54, 1.807) is 12.1 Å². The molecule has 0 amide bonds. The van der Waals surface area contributed by atoms with E-state index in [-0.39, 0.29) is 5.69 Å². The SMILES string of the molecule is O=[N+]([O-])c1cccc(Br)c1OCCC1CCCNC1. The second-order valence-corrected chi connectivity index (χ2v) is 5.55. The molecule has 0 aromatic heterocycles. The van der Waals surface area contributed by atoms with Gasteiger partial charge in [0, 0.05) is 6.07 Å². The fourth-order valence-corrected chi connectivity index (χ4v) is 2.75. The summed E-state index contributed by atoms with van der Waals surface area (Å²) in [7, 11) is 0. The van der Waals surface area contributed by atoms with Gasteiger partial charge >= 0.3 is 5.69 Å². The molecule has 0 radical (unpaired) electrons. The van der Waals surface area contributed by atoms with Crippen molar-refractivity contribution in [3.05, 3.63) is 32.8 Å². The van der Waals surface area contributed by atoms with E-state index in [1.165, 1.54) is 18.9 Å². The van der Waals surface area contributed by atoms with Crippen LogP contribution in [0.1, 0.15) is 19.3 Å². The van der Waals surface area contributed by atoms with Gasteiger partial charge in [0.1, 0.15) is 0 Å². The fourth-order valence-electron chi connectivity index (χ4n) is 2.28. The van der Waals surface area contributed by atoms with Gasteiger partial charge in [0.05, 0.1) is 16.0 Å². The molecule has 19 heavy (non-hydrogen) atoms. The number of hydrogen-bond acceptors (Lipinski definition) is 4. The van der Waals surface area contributed by atoms with Crippen LogP contribution in [0.3, 0.4) is 0 Å². The molecule has 0 saturated carbocycles. The number of rotatable bonds is 5. The average molecular weight is 329 g/mol. The third-order valence-corrected chi connectivity index (χ3v) is 3.94. The highest BCUT2D eigenvalue weighted by atomic mass is 79.9. The van der Waals surface area contributed by atoms with E-state index in [0.717, 1.165) is 19.5 Å². The van der Waals surface area contributed by atoms with Gasteiger partial charge in [-0.15, -0.1) is 0 Å². The molecule has 1 aliphatic rings. The van der Waals surface area contributed by atoms with E-state index in [1.807, 2.05) is 0 Å². The van der Waals surface area contributed by atoms with Gasteiger partial charge in [-0.2, -0.15) is 0 Å². The first-order valence-corrected chi connectivity index (χ1v) is 7.24. The van der Waals surface area contributed by atoms with Crippen molar-refractivity contribution >= 4 is 21.6 Å². The third kappa shape index (κ3) is 3.91. The first kappa shape index (κ1) is 14.3. The number of hydrogen-bond donors (Lipinski definition) is 1. The smallest absolute Gasteiger partial charge is 0.312 e. The first-order chi connectivity index (χ1) is 9.18. The molecule has 104 valence electrons. The van der Waals surface area contributed by atoms with Crippen LogP contribution >= 0.6 is 15.9 Å². The number of halogens is 1. The Labute approximate surface area is 120 Å². The number of nitrogens with one attached hydrogen (secondary N) is 1. The molecule has 1 saturated heterocycles. The van der Waals surface area contributed by atoms with Crippen molar-refractivity contribution in [2.45, 2.75) is 19.3 Å². The lowest BCUT2D eigenvalue weighted by Crippen LogP contribution is -2.30. The van der Waals surface area contributed by atoms with Crippen molar-refractivity contribution in [1.82, 2.24) is 5.32 Å². The zero-order valence-corrected chi connectivity index (χ0v) is 12.2. The molecule has 1 heterocycles. The maximum atomic E-state index is 10.9. The minimum absolute atomic E-state index is 0.0103. The molecule has 6 heteroatoms. The van der Waals surface area contributed by atoms with Gasteiger partial charge < -0.3 is 10.1 Å². The summed E-state index contributed by atoms with van der Waals surface area (Å²) in [6.45, 7) is 2.62.